The molecule has 2 rings (SSSR count). The lowest BCUT2D eigenvalue weighted by Gasteiger charge is -2.10. The largest absolute Gasteiger partial charge is 0.334 e. The lowest BCUT2D eigenvalue weighted by atomic mass is 10.1. The Morgan fingerprint density at radius 3 is 2.89 bits per heavy atom. The van der Waals surface area contributed by atoms with Gasteiger partial charge in [-0.15, -0.1) is 0 Å². The van der Waals surface area contributed by atoms with Crippen molar-refractivity contribution in [3.05, 3.63) is 42.0 Å². The summed E-state index contributed by atoms with van der Waals surface area (Å²) >= 11 is 0. The van der Waals surface area contributed by atoms with E-state index >= 15 is 0 Å². The van der Waals surface area contributed by atoms with Crippen LogP contribution in [0.4, 0.5) is 4.39 Å². The maximum Gasteiger partial charge on any atom is 0.139 e. The van der Waals surface area contributed by atoms with Crippen molar-refractivity contribution >= 4 is 0 Å². The highest BCUT2D eigenvalue weighted by atomic mass is 19.1. The molecule has 0 fully saturated rings. The monoisotopic (exact) mass is 247 g/mol. The van der Waals surface area contributed by atoms with Gasteiger partial charge in [0.1, 0.15) is 11.6 Å². The van der Waals surface area contributed by atoms with Crippen LogP contribution in [0.15, 0.2) is 30.6 Å². The SMILES string of the molecule is CCCNCc1cc(F)ccc1-c1nccn1C. The minimum atomic E-state index is -0.207. The Hall–Kier alpha value is -1.68. The van der Waals surface area contributed by atoms with E-state index in [1.807, 2.05) is 17.8 Å². The first-order chi connectivity index (χ1) is 8.72. The third-order valence-corrected chi connectivity index (χ3v) is 2.87. The molecule has 1 heterocycles. The van der Waals surface area contributed by atoms with Gasteiger partial charge in [-0.3, -0.25) is 0 Å². The number of rotatable bonds is 5. The Labute approximate surface area is 107 Å². The quantitative estimate of drug-likeness (QED) is 0.823. The van der Waals surface area contributed by atoms with E-state index in [0.29, 0.717) is 6.54 Å². The predicted molar refractivity (Wildman–Crippen MR) is 70.6 cm³/mol. The minimum absolute atomic E-state index is 0.207. The van der Waals surface area contributed by atoms with Crippen molar-refractivity contribution in [1.82, 2.24) is 14.9 Å². The third-order valence-electron chi connectivity index (χ3n) is 2.87. The van der Waals surface area contributed by atoms with Crippen LogP contribution in [0.3, 0.4) is 0 Å². The number of hydrogen-bond acceptors (Lipinski definition) is 2. The van der Waals surface area contributed by atoms with Gasteiger partial charge in [0, 0.05) is 31.5 Å². The normalized spacial score (nSPS) is 10.8. The predicted octanol–water partition coefficient (Wildman–Crippen LogP) is 2.73. The van der Waals surface area contributed by atoms with Crippen molar-refractivity contribution in [2.45, 2.75) is 19.9 Å². The smallest absolute Gasteiger partial charge is 0.139 e. The molecule has 0 amide bonds. The van der Waals surface area contributed by atoms with Gasteiger partial charge >= 0.3 is 0 Å². The Bertz CT molecular complexity index is 520. The molecule has 0 aliphatic heterocycles. The molecule has 0 bridgehead atoms. The molecule has 0 aliphatic rings. The topological polar surface area (TPSA) is 29.9 Å². The number of nitrogens with one attached hydrogen (secondary N) is 1. The van der Waals surface area contributed by atoms with Gasteiger partial charge in [0.25, 0.3) is 0 Å². The van der Waals surface area contributed by atoms with Crippen molar-refractivity contribution < 1.29 is 4.39 Å². The first kappa shape index (κ1) is 12.8. The van der Waals surface area contributed by atoms with Crippen molar-refractivity contribution in [2.75, 3.05) is 6.54 Å². The van der Waals surface area contributed by atoms with Crippen molar-refractivity contribution in [1.29, 1.82) is 0 Å². The van der Waals surface area contributed by atoms with Crippen LogP contribution in [-0.2, 0) is 13.6 Å². The zero-order valence-electron chi connectivity index (χ0n) is 10.8. The molecule has 1 N–H and O–H groups in total. The summed E-state index contributed by atoms with van der Waals surface area (Å²) in [5, 5.41) is 3.30. The molecular weight excluding hydrogens is 229 g/mol. The van der Waals surface area contributed by atoms with Crippen LogP contribution in [0.5, 0.6) is 0 Å². The molecule has 0 unspecified atom stereocenters. The summed E-state index contributed by atoms with van der Waals surface area (Å²) < 4.78 is 15.3. The summed E-state index contributed by atoms with van der Waals surface area (Å²) in [6.45, 7) is 3.70. The zero-order chi connectivity index (χ0) is 13.0. The summed E-state index contributed by atoms with van der Waals surface area (Å²) in [5.74, 6) is 0.657. The number of aromatic nitrogens is 2. The Morgan fingerprint density at radius 1 is 1.39 bits per heavy atom. The van der Waals surface area contributed by atoms with Gasteiger partial charge < -0.3 is 9.88 Å². The minimum Gasteiger partial charge on any atom is -0.334 e. The summed E-state index contributed by atoms with van der Waals surface area (Å²) in [6.07, 6.45) is 4.71. The molecular formula is C14H18FN3. The second kappa shape index (κ2) is 5.78. The van der Waals surface area contributed by atoms with Crippen LogP contribution < -0.4 is 5.32 Å². The summed E-state index contributed by atoms with van der Waals surface area (Å²) in [6, 6.07) is 4.85. The molecule has 0 saturated carbocycles. The first-order valence-electron chi connectivity index (χ1n) is 6.19. The number of hydrogen-bond donors (Lipinski definition) is 1. The van der Waals surface area contributed by atoms with Gasteiger partial charge in [-0.1, -0.05) is 6.92 Å². The molecule has 0 aliphatic carbocycles. The number of aryl methyl sites for hydroxylation is 1. The molecule has 0 atom stereocenters. The molecule has 1 aromatic carbocycles. The fourth-order valence-corrected chi connectivity index (χ4v) is 1.95. The van der Waals surface area contributed by atoms with E-state index in [-0.39, 0.29) is 5.82 Å². The van der Waals surface area contributed by atoms with Crippen LogP contribution in [0.1, 0.15) is 18.9 Å². The molecule has 96 valence electrons. The fourth-order valence-electron chi connectivity index (χ4n) is 1.95. The zero-order valence-corrected chi connectivity index (χ0v) is 10.8. The van der Waals surface area contributed by atoms with E-state index < -0.39 is 0 Å². The fraction of sp³-hybridized carbons (Fsp3) is 0.357. The van der Waals surface area contributed by atoms with Gasteiger partial charge in [-0.05, 0) is 36.7 Å². The standard InChI is InChI=1S/C14H18FN3/c1-3-6-16-10-11-9-12(15)4-5-13(11)14-17-7-8-18(14)2/h4-5,7-9,16H,3,6,10H2,1-2H3. The highest BCUT2D eigenvalue weighted by Gasteiger charge is 2.10. The van der Waals surface area contributed by atoms with Crippen LogP contribution in [0.2, 0.25) is 0 Å². The molecule has 2 aromatic rings. The van der Waals surface area contributed by atoms with Gasteiger partial charge in [0.05, 0.1) is 0 Å². The van der Waals surface area contributed by atoms with Crippen molar-refractivity contribution in [2.24, 2.45) is 7.05 Å². The lowest BCUT2D eigenvalue weighted by Crippen LogP contribution is -2.15. The maximum absolute atomic E-state index is 13.3. The van der Waals surface area contributed by atoms with Crippen LogP contribution in [0, 0.1) is 5.82 Å². The van der Waals surface area contributed by atoms with Crippen LogP contribution in [0.25, 0.3) is 11.4 Å². The Kier molecular flexibility index (Phi) is 4.10. The van der Waals surface area contributed by atoms with Gasteiger partial charge in [-0.2, -0.15) is 0 Å². The molecule has 0 saturated heterocycles. The molecule has 18 heavy (non-hydrogen) atoms. The third kappa shape index (κ3) is 2.76. The molecule has 4 heteroatoms. The Morgan fingerprint density at radius 2 is 2.22 bits per heavy atom. The van der Waals surface area contributed by atoms with E-state index in [4.69, 9.17) is 0 Å². The average Bonchev–Trinajstić information content (AvgIpc) is 2.76. The average molecular weight is 247 g/mol. The van der Waals surface area contributed by atoms with Gasteiger partial charge in [0.2, 0.25) is 0 Å². The van der Waals surface area contributed by atoms with E-state index in [0.717, 1.165) is 29.9 Å². The highest BCUT2D eigenvalue weighted by molar-refractivity contribution is 5.60. The van der Waals surface area contributed by atoms with E-state index in [9.17, 15) is 4.39 Å². The molecule has 3 nitrogen and oxygen atoms in total. The molecule has 0 radical (unpaired) electrons. The second-order valence-electron chi connectivity index (χ2n) is 4.34. The van der Waals surface area contributed by atoms with Gasteiger partial charge in [-0.25, -0.2) is 9.37 Å². The summed E-state index contributed by atoms with van der Waals surface area (Å²) in [4.78, 5) is 4.32. The second-order valence-corrected chi connectivity index (χ2v) is 4.34. The first-order valence-corrected chi connectivity index (χ1v) is 6.19. The molecule has 1 aromatic heterocycles. The summed E-state index contributed by atoms with van der Waals surface area (Å²) in [5.41, 5.74) is 1.92. The van der Waals surface area contributed by atoms with Crippen LogP contribution in [-0.4, -0.2) is 16.1 Å². The highest BCUT2D eigenvalue weighted by Crippen LogP contribution is 2.22. The van der Waals surface area contributed by atoms with E-state index in [2.05, 4.69) is 17.2 Å². The van der Waals surface area contributed by atoms with Crippen molar-refractivity contribution in [3.63, 3.8) is 0 Å². The molecule has 0 spiro atoms. The van der Waals surface area contributed by atoms with Crippen LogP contribution >= 0.6 is 0 Å². The number of nitrogens with zero attached hydrogens (tertiary/aromatic N) is 2. The number of imidazole rings is 1. The van der Waals surface area contributed by atoms with E-state index in [1.54, 1.807) is 18.3 Å². The summed E-state index contributed by atoms with van der Waals surface area (Å²) in [7, 11) is 1.94. The maximum atomic E-state index is 13.3. The number of halogens is 1. The van der Waals surface area contributed by atoms with Gasteiger partial charge in [0.15, 0.2) is 0 Å². The van der Waals surface area contributed by atoms with Crippen molar-refractivity contribution in [3.8, 4) is 11.4 Å². The lowest BCUT2D eigenvalue weighted by molar-refractivity contribution is 0.619. The van der Waals surface area contributed by atoms with E-state index in [1.165, 1.54) is 6.07 Å². The Balaban J connectivity index is 2.32. The number of benzene rings is 1.